The quantitative estimate of drug-likeness (QED) is 0.920. The molecule has 124 valence electrons. The summed E-state index contributed by atoms with van der Waals surface area (Å²) >= 11 is 1.65. The van der Waals surface area contributed by atoms with Gasteiger partial charge in [0.25, 0.3) is 0 Å². The molecule has 23 heavy (non-hydrogen) atoms. The van der Waals surface area contributed by atoms with Crippen molar-refractivity contribution >= 4 is 28.3 Å². The number of hydrogen-bond acceptors (Lipinski definition) is 6. The molecule has 9 heteroatoms. The molecule has 1 saturated heterocycles. The first-order valence-corrected chi connectivity index (χ1v) is 8.26. The lowest BCUT2D eigenvalue weighted by atomic mass is 10.3. The van der Waals surface area contributed by atoms with Crippen molar-refractivity contribution < 1.29 is 9.53 Å². The number of piperazine rings is 1. The van der Waals surface area contributed by atoms with Crippen LogP contribution in [0.25, 0.3) is 0 Å². The maximum atomic E-state index is 12.4. The van der Waals surface area contributed by atoms with Crippen LogP contribution in [0.4, 0.5) is 15.7 Å². The maximum Gasteiger partial charge on any atom is 0.323 e. The normalized spacial score (nSPS) is 14.9. The number of aromatic nitrogens is 3. The molecular weight excluding hydrogens is 316 g/mol. The fourth-order valence-corrected chi connectivity index (χ4v) is 3.29. The van der Waals surface area contributed by atoms with Crippen LogP contribution in [0.3, 0.4) is 0 Å². The second kappa shape index (κ2) is 6.45. The zero-order valence-electron chi connectivity index (χ0n) is 13.4. The number of methoxy groups -OCH3 is 1. The van der Waals surface area contributed by atoms with Crippen LogP contribution < -0.4 is 15.0 Å². The zero-order valence-corrected chi connectivity index (χ0v) is 14.3. The monoisotopic (exact) mass is 336 g/mol. The van der Waals surface area contributed by atoms with Gasteiger partial charge in [-0.2, -0.15) is 0 Å². The molecule has 3 rings (SSSR count). The summed E-state index contributed by atoms with van der Waals surface area (Å²) in [6.07, 6.45) is 0. The molecular formula is C14H20N6O2S. The minimum absolute atomic E-state index is 0.120. The molecule has 0 saturated carbocycles. The van der Waals surface area contributed by atoms with E-state index in [4.69, 9.17) is 4.74 Å². The topological polar surface area (TPSA) is 75.5 Å². The van der Waals surface area contributed by atoms with Crippen molar-refractivity contribution in [2.75, 3.05) is 43.5 Å². The highest BCUT2D eigenvalue weighted by Gasteiger charge is 2.23. The zero-order chi connectivity index (χ0) is 16.4. The van der Waals surface area contributed by atoms with Gasteiger partial charge in [-0.15, -0.1) is 16.4 Å². The molecule has 8 nitrogen and oxygen atoms in total. The van der Waals surface area contributed by atoms with Gasteiger partial charge in [-0.25, -0.2) is 14.5 Å². The van der Waals surface area contributed by atoms with E-state index in [1.54, 1.807) is 41.1 Å². The van der Waals surface area contributed by atoms with E-state index in [2.05, 4.69) is 20.3 Å². The third-order valence-corrected chi connectivity index (χ3v) is 4.77. The summed E-state index contributed by atoms with van der Waals surface area (Å²) in [5.41, 5.74) is 1.04. The molecule has 1 aliphatic rings. The van der Waals surface area contributed by atoms with E-state index in [0.29, 0.717) is 24.8 Å². The number of urea groups is 1. The summed E-state index contributed by atoms with van der Waals surface area (Å²) < 4.78 is 6.65. The Morgan fingerprint density at radius 3 is 2.65 bits per heavy atom. The predicted molar refractivity (Wildman–Crippen MR) is 89.4 cm³/mol. The van der Waals surface area contributed by atoms with E-state index in [-0.39, 0.29) is 6.03 Å². The molecule has 0 unspecified atom stereocenters. The van der Waals surface area contributed by atoms with E-state index in [9.17, 15) is 4.79 Å². The van der Waals surface area contributed by atoms with Gasteiger partial charge in [-0.3, -0.25) is 5.32 Å². The van der Waals surface area contributed by atoms with Gasteiger partial charge in [-0.1, -0.05) is 0 Å². The Morgan fingerprint density at radius 2 is 2.09 bits per heavy atom. The van der Waals surface area contributed by atoms with Gasteiger partial charge in [0, 0.05) is 44.7 Å². The molecule has 0 spiro atoms. The summed E-state index contributed by atoms with van der Waals surface area (Å²) in [4.78, 5) is 20.9. The predicted octanol–water partition coefficient (Wildman–Crippen LogP) is 1.55. The van der Waals surface area contributed by atoms with Crippen molar-refractivity contribution in [3.05, 3.63) is 17.1 Å². The lowest BCUT2D eigenvalue weighted by molar-refractivity contribution is 0.208. The Hall–Kier alpha value is -2.29. The summed E-state index contributed by atoms with van der Waals surface area (Å²) in [6.45, 7) is 4.90. The van der Waals surface area contributed by atoms with Crippen molar-refractivity contribution in [1.29, 1.82) is 0 Å². The SMILES string of the molecule is COc1cc(NC(=O)N2CCN(c3nc(C)cs3)CC2)n(C)n1. The smallest absolute Gasteiger partial charge is 0.323 e. The molecule has 2 aromatic rings. The maximum absolute atomic E-state index is 12.4. The molecule has 2 amide bonds. The van der Waals surface area contributed by atoms with Crippen LogP contribution in [0, 0.1) is 6.92 Å². The van der Waals surface area contributed by atoms with Crippen LogP contribution in [0.1, 0.15) is 5.69 Å². The molecule has 2 aromatic heterocycles. The largest absolute Gasteiger partial charge is 0.480 e. The molecule has 1 fully saturated rings. The minimum atomic E-state index is -0.120. The van der Waals surface area contributed by atoms with E-state index in [1.165, 1.54) is 0 Å². The first kappa shape index (κ1) is 15.6. The number of anilines is 2. The molecule has 1 aliphatic heterocycles. The standard InChI is InChI=1S/C14H20N6O2S/c1-10-9-23-14(15-10)20-6-4-19(5-7-20)13(21)16-11-8-12(22-3)17-18(11)2/h8-9H,4-7H2,1-3H3,(H,16,21). The van der Waals surface area contributed by atoms with Crippen molar-refractivity contribution in [1.82, 2.24) is 19.7 Å². The van der Waals surface area contributed by atoms with Gasteiger partial charge in [0.15, 0.2) is 5.13 Å². The number of ether oxygens (including phenoxy) is 1. The van der Waals surface area contributed by atoms with E-state index in [1.807, 2.05) is 12.3 Å². The number of carbonyl (C=O) groups excluding carboxylic acids is 1. The number of hydrogen-bond donors (Lipinski definition) is 1. The van der Waals surface area contributed by atoms with Gasteiger partial charge < -0.3 is 14.5 Å². The Labute approximate surface area is 138 Å². The highest BCUT2D eigenvalue weighted by molar-refractivity contribution is 7.13. The number of rotatable bonds is 3. The van der Waals surface area contributed by atoms with Crippen LogP contribution in [0.15, 0.2) is 11.4 Å². The Morgan fingerprint density at radius 1 is 1.35 bits per heavy atom. The first-order valence-electron chi connectivity index (χ1n) is 7.38. The molecule has 3 heterocycles. The first-order chi connectivity index (χ1) is 11.1. The Balaban J connectivity index is 1.56. The second-order valence-electron chi connectivity index (χ2n) is 5.37. The number of aryl methyl sites for hydroxylation is 2. The van der Waals surface area contributed by atoms with Crippen molar-refractivity contribution in [3.8, 4) is 5.88 Å². The van der Waals surface area contributed by atoms with Crippen LogP contribution in [-0.2, 0) is 7.05 Å². The van der Waals surface area contributed by atoms with Gasteiger partial charge in [0.1, 0.15) is 5.82 Å². The van der Waals surface area contributed by atoms with Crippen molar-refractivity contribution in [2.24, 2.45) is 7.05 Å². The third kappa shape index (κ3) is 3.39. The summed E-state index contributed by atoms with van der Waals surface area (Å²) in [7, 11) is 3.31. The number of carbonyl (C=O) groups is 1. The van der Waals surface area contributed by atoms with Gasteiger partial charge in [0.2, 0.25) is 5.88 Å². The fraction of sp³-hybridized carbons (Fsp3) is 0.500. The number of amides is 2. The lowest BCUT2D eigenvalue weighted by Crippen LogP contribution is -2.50. The molecule has 0 aliphatic carbocycles. The second-order valence-corrected chi connectivity index (χ2v) is 6.21. The van der Waals surface area contributed by atoms with E-state index in [0.717, 1.165) is 23.9 Å². The van der Waals surface area contributed by atoms with Gasteiger partial charge in [-0.05, 0) is 6.92 Å². The molecule has 0 atom stereocenters. The highest BCUT2D eigenvalue weighted by Crippen LogP contribution is 2.22. The molecule has 0 aromatic carbocycles. The Bertz CT molecular complexity index is 689. The lowest BCUT2D eigenvalue weighted by Gasteiger charge is -2.34. The fourth-order valence-electron chi connectivity index (χ4n) is 2.43. The highest BCUT2D eigenvalue weighted by atomic mass is 32.1. The van der Waals surface area contributed by atoms with E-state index < -0.39 is 0 Å². The summed E-state index contributed by atoms with van der Waals surface area (Å²) in [5.74, 6) is 1.09. The number of nitrogens with one attached hydrogen (secondary N) is 1. The van der Waals surface area contributed by atoms with Crippen molar-refractivity contribution in [3.63, 3.8) is 0 Å². The molecule has 1 N–H and O–H groups in total. The summed E-state index contributed by atoms with van der Waals surface area (Å²) in [6, 6.07) is 1.58. The van der Waals surface area contributed by atoms with Gasteiger partial charge in [0.05, 0.1) is 12.8 Å². The molecule has 0 bridgehead atoms. The molecule has 0 radical (unpaired) electrons. The minimum Gasteiger partial charge on any atom is -0.480 e. The average molecular weight is 336 g/mol. The van der Waals surface area contributed by atoms with E-state index >= 15 is 0 Å². The third-order valence-electron chi connectivity index (χ3n) is 3.75. The van der Waals surface area contributed by atoms with Crippen LogP contribution in [0.5, 0.6) is 5.88 Å². The number of nitrogens with zero attached hydrogens (tertiary/aromatic N) is 5. The van der Waals surface area contributed by atoms with Crippen LogP contribution in [0.2, 0.25) is 0 Å². The Kier molecular flexibility index (Phi) is 4.37. The van der Waals surface area contributed by atoms with Gasteiger partial charge >= 0.3 is 6.03 Å². The summed E-state index contributed by atoms with van der Waals surface area (Å²) in [5, 5.41) is 10.1. The van der Waals surface area contributed by atoms with Crippen LogP contribution >= 0.6 is 11.3 Å². The number of thiazole rings is 1. The average Bonchev–Trinajstić information content (AvgIpc) is 3.14. The van der Waals surface area contributed by atoms with Crippen molar-refractivity contribution in [2.45, 2.75) is 6.92 Å². The van der Waals surface area contributed by atoms with Crippen LogP contribution in [-0.4, -0.2) is 59.0 Å².